The first kappa shape index (κ1) is 31.7. The van der Waals surface area contributed by atoms with Crippen LogP contribution in [0.15, 0.2) is 60.7 Å². The molecule has 2 aromatic carbocycles. The van der Waals surface area contributed by atoms with Gasteiger partial charge in [0.05, 0.1) is 12.6 Å². The molecule has 0 heterocycles. The van der Waals surface area contributed by atoms with E-state index in [4.69, 9.17) is 4.74 Å². The molecule has 0 aromatic heterocycles. The molecule has 0 saturated heterocycles. The molecule has 0 aliphatic heterocycles. The van der Waals surface area contributed by atoms with Gasteiger partial charge in [-0.05, 0) is 30.4 Å². The lowest BCUT2D eigenvalue weighted by Crippen LogP contribution is -2.57. The molecule has 3 unspecified atom stereocenters. The fraction of sp³-hybridized carbons (Fsp3) is 0.379. The van der Waals surface area contributed by atoms with Crippen molar-refractivity contribution in [3.63, 3.8) is 0 Å². The molecule has 2 rings (SSSR count). The fourth-order valence-corrected chi connectivity index (χ4v) is 3.74. The summed E-state index contributed by atoms with van der Waals surface area (Å²) in [5.41, 5.74) is 1.55. The molecular formula is C29H36N4O7. The summed E-state index contributed by atoms with van der Waals surface area (Å²) in [4.78, 5) is 73.6. The first-order valence-electron chi connectivity index (χ1n) is 13.0. The molecule has 0 fully saturated rings. The molecule has 214 valence electrons. The lowest BCUT2D eigenvalue weighted by atomic mass is 10.0. The van der Waals surface area contributed by atoms with Crippen LogP contribution >= 0.6 is 0 Å². The van der Waals surface area contributed by atoms with Gasteiger partial charge in [-0.1, -0.05) is 74.5 Å². The first-order valence-corrected chi connectivity index (χ1v) is 13.0. The number of amides is 4. The van der Waals surface area contributed by atoms with Gasteiger partial charge in [0.1, 0.15) is 25.0 Å². The van der Waals surface area contributed by atoms with Crippen LogP contribution in [0.2, 0.25) is 0 Å². The van der Waals surface area contributed by atoms with Crippen LogP contribution in [0.4, 0.5) is 4.79 Å². The summed E-state index contributed by atoms with van der Waals surface area (Å²) in [7, 11) is 0. The number of carbonyl (C=O) groups is 6. The average Bonchev–Trinajstić information content (AvgIpc) is 2.94. The molecule has 2 aromatic rings. The number of aldehydes is 1. The predicted molar refractivity (Wildman–Crippen MR) is 147 cm³/mol. The van der Waals surface area contributed by atoms with Gasteiger partial charge in [-0.2, -0.15) is 0 Å². The number of Topliss-reactive ketones (excluding diaryl/α,β-unsaturated/α-hetero) is 1. The maximum Gasteiger partial charge on any atom is 0.408 e. The second-order valence-corrected chi connectivity index (χ2v) is 9.61. The fourth-order valence-electron chi connectivity index (χ4n) is 3.74. The van der Waals surface area contributed by atoms with Crippen molar-refractivity contribution < 1.29 is 33.5 Å². The molecule has 11 nitrogen and oxygen atoms in total. The molecule has 0 aliphatic rings. The zero-order valence-electron chi connectivity index (χ0n) is 22.8. The smallest absolute Gasteiger partial charge is 0.408 e. The number of rotatable bonds is 15. The van der Waals surface area contributed by atoms with Crippen molar-refractivity contribution in [2.24, 2.45) is 5.92 Å². The van der Waals surface area contributed by atoms with E-state index in [1.165, 1.54) is 6.92 Å². The Kier molecular flexibility index (Phi) is 13.0. The van der Waals surface area contributed by atoms with E-state index in [0.717, 1.165) is 11.1 Å². The molecule has 0 saturated carbocycles. The summed E-state index contributed by atoms with van der Waals surface area (Å²) < 4.78 is 5.29. The highest BCUT2D eigenvalue weighted by molar-refractivity contribution is 6.38. The Balaban J connectivity index is 2.12. The minimum absolute atomic E-state index is 0.0110. The van der Waals surface area contributed by atoms with Gasteiger partial charge in [0.25, 0.3) is 5.91 Å². The summed E-state index contributed by atoms with van der Waals surface area (Å²) in [6, 6.07) is 14.8. The van der Waals surface area contributed by atoms with Crippen molar-refractivity contribution in [1.82, 2.24) is 21.3 Å². The Morgan fingerprint density at radius 3 is 1.93 bits per heavy atom. The topological polar surface area (TPSA) is 160 Å². The Hall–Kier alpha value is -4.54. The molecule has 0 radical (unpaired) electrons. The van der Waals surface area contributed by atoms with Gasteiger partial charge in [0.2, 0.25) is 17.6 Å². The number of hydrogen-bond acceptors (Lipinski definition) is 7. The van der Waals surface area contributed by atoms with Crippen molar-refractivity contribution in [2.75, 3.05) is 6.54 Å². The molecule has 0 bridgehead atoms. The number of nitrogens with one attached hydrogen (secondary N) is 4. The van der Waals surface area contributed by atoms with Crippen molar-refractivity contribution in [2.45, 2.75) is 58.3 Å². The number of hydrogen-bond donors (Lipinski definition) is 4. The number of carbonyl (C=O) groups excluding carboxylic acids is 6. The highest BCUT2D eigenvalue weighted by atomic mass is 16.5. The zero-order valence-corrected chi connectivity index (χ0v) is 22.8. The minimum Gasteiger partial charge on any atom is -0.445 e. The highest BCUT2D eigenvalue weighted by Crippen LogP contribution is 2.09. The van der Waals surface area contributed by atoms with Crippen LogP contribution in [-0.4, -0.2) is 60.6 Å². The number of ketones is 1. The van der Waals surface area contributed by atoms with Crippen molar-refractivity contribution in [3.05, 3.63) is 71.8 Å². The summed E-state index contributed by atoms with van der Waals surface area (Å²) in [6.45, 7) is 4.72. The molecule has 0 aliphatic carbocycles. The van der Waals surface area contributed by atoms with Gasteiger partial charge in [0.15, 0.2) is 0 Å². The summed E-state index contributed by atoms with van der Waals surface area (Å²) in [5.74, 6) is -3.25. The van der Waals surface area contributed by atoms with E-state index < -0.39 is 47.7 Å². The molecule has 40 heavy (non-hydrogen) atoms. The lowest BCUT2D eigenvalue weighted by molar-refractivity contribution is -0.140. The van der Waals surface area contributed by atoms with Gasteiger partial charge in [0, 0.05) is 6.42 Å². The number of benzene rings is 2. The van der Waals surface area contributed by atoms with Crippen LogP contribution in [0.5, 0.6) is 0 Å². The van der Waals surface area contributed by atoms with Crippen LogP contribution in [0, 0.1) is 5.92 Å². The van der Waals surface area contributed by atoms with Crippen LogP contribution in [0.3, 0.4) is 0 Å². The minimum atomic E-state index is -1.20. The largest absolute Gasteiger partial charge is 0.445 e. The molecular weight excluding hydrogens is 516 g/mol. The monoisotopic (exact) mass is 552 g/mol. The third-order valence-corrected chi connectivity index (χ3v) is 5.77. The summed E-state index contributed by atoms with van der Waals surface area (Å²) in [5, 5.41) is 9.84. The normalized spacial score (nSPS) is 12.8. The molecule has 4 N–H and O–H groups in total. The van der Waals surface area contributed by atoms with E-state index >= 15 is 0 Å². The van der Waals surface area contributed by atoms with Gasteiger partial charge in [-0.25, -0.2) is 4.79 Å². The van der Waals surface area contributed by atoms with Gasteiger partial charge < -0.3 is 30.8 Å². The van der Waals surface area contributed by atoms with E-state index in [-0.39, 0.29) is 31.9 Å². The second-order valence-electron chi connectivity index (χ2n) is 9.61. The SMILES string of the molecule is CC(C)CC(NC(=O)C(Cc1ccccc1)NC(=O)OCc1ccccc1)C(=O)NC(C)C(=O)C(=O)NCC=O. The molecule has 11 heteroatoms. The van der Waals surface area contributed by atoms with Gasteiger partial charge >= 0.3 is 6.09 Å². The Labute approximate surface area is 233 Å². The van der Waals surface area contributed by atoms with E-state index in [9.17, 15) is 28.8 Å². The quantitative estimate of drug-likeness (QED) is 0.192. The van der Waals surface area contributed by atoms with E-state index in [1.807, 2.05) is 38.1 Å². The Morgan fingerprint density at radius 1 is 0.775 bits per heavy atom. The van der Waals surface area contributed by atoms with Crippen LogP contribution in [0.25, 0.3) is 0 Å². The summed E-state index contributed by atoms with van der Waals surface area (Å²) in [6.07, 6.45) is -0.00771. The van der Waals surface area contributed by atoms with E-state index in [0.29, 0.717) is 6.29 Å². The van der Waals surface area contributed by atoms with E-state index in [1.54, 1.807) is 36.4 Å². The van der Waals surface area contributed by atoms with Crippen molar-refractivity contribution in [3.8, 4) is 0 Å². The maximum absolute atomic E-state index is 13.4. The third-order valence-electron chi connectivity index (χ3n) is 5.77. The maximum atomic E-state index is 13.4. The van der Waals surface area contributed by atoms with E-state index in [2.05, 4.69) is 21.3 Å². The Morgan fingerprint density at radius 2 is 1.35 bits per heavy atom. The third kappa shape index (κ3) is 11.1. The number of alkyl carbamates (subject to hydrolysis) is 1. The average molecular weight is 553 g/mol. The molecule has 3 atom stereocenters. The van der Waals surface area contributed by atoms with Crippen molar-refractivity contribution >= 4 is 35.9 Å². The van der Waals surface area contributed by atoms with Crippen LogP contribution in [0.1, 0.15) is 38.3 Å². The van der Waals surface area contributed by atoms with Gasteiger partial charge in [-0.15, -0.1) is 0 Å². The molecule has 4 amide bonds. The van der Waals surface area contributed by atoms with Crippen molar-refractivity contribution in [1.29, 1.82) is 0 Å². The van der Waals surface area contributed by atoms with Crippen LogP contribution < -0.4 is 21.3 Å². The van der Waals surface area contributed by atoms with Crippen LogP contribution in [-0.2, 0) is 41.7 Å². The highest BCUT2D eigenvalue weighted by Gasteiger charge is 2.30. The predicted octanol–water partition coefficient (Wildman–Crippen LogP) is 1.44. The Bertz CT molecular complexity index is 1160. The second kappa shape index (κ2) is 16.4. The first-order chi connectivity index (χ1) is 19.1. The molecule has 0 spiro atoms. The summed E-state index contributed by atoms with van der Waals surface area (Å²) >= 11 is 0. The zero-order chi connectivity index (χ0) is 29.5. The standard InChI is InChI=1S/C29H36N4O7/c1-19(2)16-23(26(36)31-20(3)25(35)28(38)30-14-15-34)32-27(37)24(17-21-10-6-4-7-11-21)33-29(39)40-18-22-12-8-5-9-13-22/h4-13,15,19-20,23-24H,14,16-18H2,1-3H3,(H,30,38)(H,31,36)(H,32,37)(H,33,39). The lowest BCUT2D eigenvalue weighted by Gasteiger charge is -2.25. The number of ether oxygens (including phenoxy) is 1. The van der Waals surface area contributed by atoms with Gasteiger partial charge in [-0.3, -0.25) is 19.2 Å².